The molecule has 1 saturated carbocycles. The lowest BCUT2D eigenvalue weighted by atomic mass is 10.1. The summed E-state index contributed by atoms with van der Waals surface area (Å²) < 4.78 is 90.2. The Kier molecular flexibility index (Phi) is 8.09. The molecule has 0 spiro atoms. The lowest BCUT2D eigenvalue weighted by molar-refractivity contribution is -0.312. The van der Waals surface area contributed by atoms with Crippen molar-refractivity contribution in [1.29, 1.82) is 5.26 Å². The zero-order chi connectivity index (χ0) is 28.3. The van der Waals surface area contributed by atoms with Crippen LogP contribution in [-0.2, 0) is 19.1 Å². The highest BCUT2D eigenvalue weighted by molar-refractivity contribution is 5.83. The molecule has 38 heavy (non-hydrogen) atoms. The van der Waals surface area contributed by atoms with Crippen molar-refractivity contribution in [3.8, 4) is 17.6 Å². The Hall–Kier alpha value is -4.01. The van der Waals surface area contributed by atoms with Crippen molar-refractivity contribution in [1.82, 2.24) is 0 Å². The van der Waals surface area contributed by atoms with E-state index < -0.39 is 53.7 Å². The molecule has 2 aromatic carbocycles. The maximum absolute atomic E-state index is 12.8. The second kappa shape index (κ2) is 10.8. The van der Waals surface area contributed by atoms with Crippen LogP contribution in [0.4, 0.5) is 26.3 Å². The number of nitrogens with zero attached hydrogens (tertiary/aromatic N) is 1. The van der Waals surface area contributed by atoms with E-state index in [1.54, 1.807) is 62.4 Å². The molecule has 1 aliphatic carbocycles. The van der Waals surface area contributed by atoms with Gasteiger partial charge in [-0.15, -0.1) is 0 Å². The Labute approximate surface area is 213 Å². The van der Waals surface area contributed by atoms with Crippen LogP contribution >= 0.6 is 0 Å². The summed E-state index contributed by atoms with van der Waals surface area (Å²) in [5.41, 5.74) is -0.534. The number of benzene rings is 2. The topological polar surface area (TPSA) is 85.6 Å². The van der Waals surface area contributed by atoms with Crippen LogP contribution in [0, 0.1) is 28.6 Å². The molecule has 3 rings (SSSR count). The minimum Gasteiger partial charge on any atom is -0.457 e. The van der Waals surface area contributed by atoms with Crippen LogP contribution in [0.3, 0.4) is 0 Å². The number of alkyl halides is 6. The monoisotopic (exact) mass is 541 g/mol. The van der Waals surface area contributed by atoms with Crippen molar-refractivity contribution in [2.75, 3.05) is 0 Å². The molecular weight excluding hydrogens is 520 g/mol. The van der Waals surface area contributed by atoms with E-state index in [0.717, 1.165) is 6.08 Å². The van der Waals surface area contributed by atoms with Crippen molar-refractivity contribution >= 4 is 11.9 Å². The van der Waals surface area contributed by atoms with Crippen LogP contribution in [0.5, 0.6) is 11.5 Å². The molecule has 3 atom stereocenters. The fraction of sp³-hybridized carbons (Fsp3) is 0.346. The molecule has 1 aliphatic rings. The summed E-state index contributed by atoms with van der Waals surface area (Å²) >= 11 is 0. The number of nitriles is 1. The molecule has 0 N–H and O–H groups in total. The van der Waals surface area contributed by atoms with Gasteiger partial charge >= 0.3 is 24.3 Å². The number of halogens is 6. The first-order valence-electron chi connectivity index (χ1n) is 11.1. The molecule has 1 fully saturated rings. The minimum absolute atomic E-state index is 0.314. The first-order chi connectivity index (χ1) is 17.6. The standard InChI is InChI=1S/C26H21F6NO5/c1-24(2)18(11-12-20(34)38-23(25(27,28)29)26(30,31)32)21(24)22(35)37-19(14-33)15-7-6-10-17(13-15)36-16-8-4-3-5-9-16/h3-13,18-19,21,23H,1-2H3/b12-11-. The van der Waals surface area contributed by atoms with E-state index in [9.17, 15) is 41.2 Å². The number of rotatable bonds is 8. The largest absolute Gasteiger partial charge is 0.457 e. The molecule has 202 valence electrons. The molecule has 3 unspecified atom stereocenters. The predicted octanol–water partition coefficient (Wildman–Crippen LogP) is 6.45. The summed E-state index contributed by atoms with van der Waals surface area (Å²) in [4.78, 5) is 24.4. The maximum Gasteiger partial charge on any atom is 0.434 e. The van der Waals surface area contributed by atoms with Gasteiger partial charge in [0.1, 0.15) is 17.6 Å². The fourth-order valence-corrected chi connectivity index (χ4v) is 3.87. The summed E-state index contributed by atoms with van der Waals surface area (Å²) in [6.07, 6.45) is -15.9. The van der Waals surface area contributed by atoms with Gasteiger partial charge in [0, 0.05) is 11.6 Å². The quantitative estimate of drug-likeness (QED) is 0.217. The van der Waals surface area contributed by atoms with E-state index in [2.05, 4.69) is 4.74 Å². The summed E-state index contributed by atoms with van der Waals surface area (Å²) in [5.74, 6) is -3.45. The Morgan fingerprint density at radius 1 is 0.947 bits per heavy atom. The lowest BCUT2D eigenvalue weighted by Gasteiger charge is -2.22. The Morgan fingerprint density at radius 3 is 2.13 bits per heavy atom. The SMILES string of the molecule is CC1(C)C(/C=C\C(=O)OC(C(F)(F)F)C(F)(F)F)C1C(=O)OC(C#N)c1cccc(Oc2ccccc2)c1. The Bertz CT molecular complexity index is 1220. The van der Waals surface area contributed by atoms with E-state index in [1.807, 2.05) is 6.07 Å². The average molecular weight is 541 g/mol. The normalized spacial score (nSPS) is 19.5. The molecule has 0 radical (unpaired) electrons. The molecule has 0 bridgehead atoms. The highest BCUT2D eigenvalue weighted by atomic mass is 19.4. The van der Waals surface area contributed by atoms with Gasteiger partial charge in [-0.05, 0) is 35.6 Å². The highest BCUT2D eigenvalue weighted by Gasteiger charge is 2.62. The highest BCUT2D eigenvalue weighted by Crippen LogP contribution is 2.59. The third kappa shape index (κ3) is 6.85. The van der Waals surface area contributed by atoms with Gasteiger partial charge in [-0.25, -0.2) is 4.79 Å². The van der Waals surface area contributed by atoms with Gasteiger partial charge in [-0.2, -0.15) is 31.6 Å². The first kappa shape index (κ1) is 28.6. The molecule has 2 aromatic rings. The van der Waals surface area contributed by atoms with Gasteiger partial charge in [-0.3, -0.25) is 4.79 Å². The van der Waals surface area contributed by atoms with Gasteiger partial charge in [-0.1, -0.05) is 50.3 Å². The number of hydrogen-bond acceptors (Lipinski definition) is 6. The second-order valence-electron chi connectivity index (χ2n) is 9.02. The van der Waals surface area contributed by atoms with Crippen LogP contribution in [0.2, 0.25) is 0 Å². The second-order valence-corrected chi connectivity index (χ2v) is 9.02. The molecule has 12 heteroatoms. The van der Waals surface area contributed by atoms with Crippen molar-refractivity contribution in [3.63, 3.8) is 0 Å². The van der Waals surface area contributed by atoms with Crippen LogP contribution in [0.15, 0.2) is 66.7 Å². The smallest absolute Gasteiger partial charge is 0.434 e. The van der Waals surface area contributed by atoms with Gasteiger partial charge in [0.05, 0.1) is 5.92 Å². The summed E-state index contributed by atoms with van der Waals surface area (Å²) in [6.45, 7) is 3.17. The summed E-state index contributed by atoms with van der Waals surface area (Å²) in [7, 11) is 0. The van der Waals surface area contributed by atoms with E-state index in [0.29, 0.717) is 23.1 Å². The van der Waals surface area contributed by atoms with E-state index in [1.165, 1.54) is 6.07 Å². The van der Waals surface area contributed by atoms with Crippen molar-refractivity contribution in [2.24, 2.45) is 17.3 Å². The molecule has 6 nitrogen and oxygen atoms in total. The van der Waals surface area contributed by atoms with Crippen LogP contribution < -0.4 is 4.74 Å². The van der Waals surface area contributed by atoms with Crippen molar-refractivity contribution in [2.45, 2.75) is 38.4 Å². The molecule has 0 aromatic heterocycles. The van der Waals surface area contributed by atoms with Crippen LogP contribution in [0.25, 0.3) is 0 Å². The predicted molar refractivity (Wildman–Crippen MR) is 119 cm³/mol. The fourth-order valence-electron chi connectivity index (χ4n) is 3.87. The average Bonchev–Trinajstić information content (AvgIpc) is 3.39. The first-order valence-corrected chi connectivity index (χ1v) is 11.1. The number of carbonyl (C=O) groups is 2. The number of para-hydroxylation sites is 1. The van der Waals surface area contributed by atoms with E-state index in [-0.39, 0.29) is 0 Å². The molecular formula is C26H21F6NO5. The number of allylic oxidation sites excluding steroid dienone is 1. The zero-order valence-electron chi connectivity index (χ0n) is 19.9. The number of carbonyl (C=O) groups excluding carboxylic acids is 2. The summed E-state index contributed by atoms with van der Waals surface area (Å²) in [6, 6.07) is 16.9. The Morgan fingerprint density at radius 2 is 1.55 bits per heavy atom. The van der Waals surface area contributed by atoms with E-state index >= 15 is 0 Å². The van der Waals surface area contributed by atoms with Gasteiger partial charge < -0.3 is 14.2 Å². The molecule has 0 amide bonds. The number of esters is 2. The zero-order valence-corrected chi connectivity index (χ0v) is 19.9. The van der Waals surface area contributed by atoms with Gasteiger partial charge in [0.15, 0.2) is 0 Å². The molecule has 0 aliphatic heterocycles. The molecule has 0 saturated heterocycles. The van der Waals surface area contributed by atoms with E-state index in [4.69, 9.17) is 9.47 Å². The third-order valence-corrected chi connectivity index (χ3v) is 5.92. The lowest BCUT2D eigenvalue weighted by Crippen LogP contribution is -2.45. The number of hydrogen-bond donors (Lipinski definition) is 0. The minimum atomic E-state index is -5.84. The third-order valence-electron chi connectivity index (χ3n) is 5.92. The van der Waals surface area contributed by atoms with Crippen LogP contribution in [0.1, 0.15) is 25.5 Å². The maximum atomic E-state index is 12.8. The van der Waals surface area contributed by atoms with Gasteiger partial charge in [0.2, 0.25) is 6.10 Å². The van der Waals surface area contributed by atoms with Crippen molar-refractivity contribution < 1.29 is 50.1 Å². The number of ether oxygens (including phenoxy) is 3. The van der Waals surface area contributed by atoms with Gasteiger partial charge in [0.25, 0.3) is 6.10 Å². The summed E-state index contributed by atoms with van der Waals surface area (Å²) in [5, 5.41) is 9.57. The molecule has 0 heterocycles. The Balaban J connectivity index is 1.65. The van der Waals surface area contributed by atoms with Crippen molar-refractivity contribution in [3.05, 3.63) is 72.3 Å². The van der Waals surface area contributed by atoms with Crippen LogP contribution in [-0.4, -0.2) is 30.4 Å².